The molecule has 0 radical (unpaired) electrons. The summed E-state index contributed by atoms with van der Waals surface area (Å²) in [6.07, 6.45) is 1.70. The van der Waals surface area contributed by atoms with E-state index in [0.717, 1.165) is 24.5 Å². The highest BCUT2D eigenvalue weighted by Gasteiger charge is 2.30. The Labute approximate surface area is 92.8 Å². The zero-order valence-corrected chi connectivity index (χ0v) is 9.12. The quantitative estimate of drug-likeness (QED) is 0.444. The van der Waals surface area contributed by atoms with Gasteiger partial charge in [-0.3, -0.25) is 5.41 Å². The first kappa shape index (κ1) is 10.2. The van der Waals surface area contributed by atoms with E-state index in [0.29, 0.717) is 0 Å². The van der Waals surface area contributed by atoms with Gasteiger partial charge in [0.05, 0.1) is 11.8 Å². The summed E-state index contributed by atoms with van der Waals surface area (Å²) in [4.78, 5) is 10.1. The minimum atomic E-state index is 0.151. The van der Waals surface area contributed by atoms with Crippen molar-refractivity contribution < 1.29 is 0 Å². The Kier molecular flexibility index (Phi) is 2.48. The molecule has 0 spiro atoms. The van der Waals surface area contributed by atoms with E-state index in [1.165, 1.54) is 0 Å². The summed E-state index contributed by atoms with van der Waals surface area (Å²) in [6, 6.07) is 0. The maximum Gasteiger partial charge on any atom is 0.224 e. The lowest BCUT2D eigenvalue weighted by molar-refractivity contribution is 0.510. The van der Waals surface area contributed by atoms with Crippen molar-refractivity contribution in [3.8, 4) is 0 Å². The Morgan fingerprint density at radius 2 is 2.33 bits per heavy atom. The third-order valence-corrected chi connectivity index (χ3v) is 2.72. The van der Waals surface area contributed by atoms with Gasteiger partial charge in [-0.05, 0) is 18.5 Å². The molecule has 0 unspecified atom stereocenters. The molecule has 1 aliphatic rings. The zero-order chi connectivity index (χ0) is 11.0. The molecule has 1 aromatic rings. The van der Waals surface area contributed by atoms with E-state index >= 15 is 0 Å². The van der Waals surface area contributed by atoms with Crippen molar-refractivity contribution in [3.05, 3.63) is 17.0 Å². The van der Waals surface area contributed by atoms with Crippen molar-refractivity contribution in [1.82, 2.24) is 9.97 Å². The van der Waals surface area contributed by atoms with Crippen molar-refractivity contribution in [2.45, 2.75) is 6.92 Å². The number of rotatable bonds is 2. The second-order valence-electron chi connectivity index (χ2n) is 3.70. The van der Waals surface area contributed by atoms with Crippen LogP contribution in [0.2, 0.25) is 5.28 Å². The van der Waals surface area contributed by atoms with Crippen LogP contribution in [-0.4, -0.2) is 28.9 Å². The van der Waals surface area contributed by atoms with Gasteiger partial charge in [0.1, 0.15) is 5.82 Å². The zero-order valence-electron chi connectivity index (χ0n) is 8.37. The van der Waals surface area contributed by atoms with Crippen molar-refractivity contribution in [2.24, 2.45) is 11.7 Å². The Morgan fingerprint density at radius 3 is 2.93 bits per heavy atom. The molecule has 2 heterocycles. The summed E-state index contributed by atoms with van der Waals surface area (Å²) in [7, 11) is 0. The van der Waals surface area contributed by atoms with Gasteiger partial charge in [-0.1, -0.05) is 0 Å². The lowest BCUT2D eigenvalue weighted by Gasteiger charge is -2.39. The molecule has 1 fully saturated rings. The molecule has 3 N–H and O–H groups in total. The van der Waals surface area contributed by atoms with Crippen LogP contribution >= 0.6 is 11.6 Å². The molecule has 1 saturated heterocycles. The first-order valence-corrected chi connectivity index (χ1v) is 5.03. The van der Waals surface area contributed by atoms with Crippen LogP contribution in [0, 0.1) is 18.3 Å². The van der Waals surface area contributed by atoms with Gasteiger partial charge < -0.3 is 10.6 Å². The molecule has 1 aromatic heterocycles. The van der Waals surface area contributed by atoms with Gasteiger partial charge in [0.2, 0.25) is 5.28 Å². The number of aromatic nitrogens is 2. The Morgan fingerprint density at radius 1 is 1.67 bits per heavy atom. The van der Waals surface area contributed by atoms with Crippen LogP contribution in [0.15, 0.2) is 6.20 Å². The van der Waals surface area contributed by atoms with Crippen LogP contribution in [0.4, 0.5) is 5.82 Å². The molecule has 0 aliphatic carbocycles. The van der Waals surface area contributed by atoms with Crippen molar-refractivity contribution >= 4 is 23.3 Å². The maximum absolute atomic E-state index is 7.29. The van der Waals surface area contributed by atoms with Crippen LogP contribution in [0.5, 0.6) is 0 Å². The molecule has 2 rings (SSSR count). The van der Waals surface area contributed by atoms with E-state index < -0.39 is 0 Å². The molecule has 0 aromatic carbocycles. The first-order chi connectivity index (χ1) is 7.08. The molecule has 0 atom stereocenters. The number of nitrogens with one attached hydrogen (secondary N) is 1. The lowest BCUT2D eigenvalue weighted by atomic mass is 9.99. The number of amidine groups is 1. The topological polar surface area (TPSA) is 78.9 Å². The van der Waals surface area contributed by atoms with Crippen LogP contribution < -0.4 is 10.6 Å². The minimum Gasteiger partial charge on any atom is -0.387 e. The van der Waals surface area contributed by atoms with Gasteiger partial charge in [0.25, 0.3) is 0 Å². The molecule has 0 bridgehead atoms. The molecule has 0 amide bonds. The summed E-state index contributed by atoms with van der Waals surface area (Å²) in [5.41, 5.74) is 6.39. The number of nitrogens with zero attached hydrogens (tertiary/aromatic N) is 3. The van der Waals surface area contributed by atoms with Crippen molar-refractivity contribution in [1.29, 1.82) is 5.41 Å². The Hall–Kier alpha value is -1.36. The molecule has 80 valence electrons. The number of aryl methyl sites for hydroxylation is 1. The molecule has 5 nitrogen and oxygen atoms in total. The number of anilines is 1. The van der Waals surface area contributed by atoms with Gasteiger partial charge in [0, 0.05) is 24.8 Å². The van der Waals surface area contributed by atoms with Crippen LogP contribution in [-0.2, 0) is 0 Å². The fourth-order valence-electron chi connectivity index (χ4n) is 1.58. The van der Waals surface area contributed by atoms with Gasteiger partial charge in [-0.25, -0.2) is 9.97 Å². The second kappa shape index (κ2) is 3.66. The standard InChI is InChI=1S/C9H12ClN5/c1-5-2-13-9(10)14-8(5)15-3-6(4-15)7(11)12/h2,6H,3-4H2,1H3,(H3,11,12). The van der Waals surface area contributed by atoms with Crippen molar-refractivity contribution in [2.75, 3.05) is 18.0 Å². The number of hydrogen-bond donors (Lipinski definition) is 2. The number of nitrogens with two attached hydrogens (primary N) is 1. The third kappa shape index (κ3) is 1.87. The third-order valence-electron chi connectivity index (χ3n) is 2.54. The highest BCUT2D eigenvalue weighted by atomic mass is 35.5. The molecule has 15 heavy (non-hydrogen) atoms. The predicted molar refractivity (Wildman–Crippen MR) is 59.4 cm³/mol. The summed E-state index contributed by atoms with van der Waals surface area (Å²) >= 11 is 5.73. The molecule has 6 heteroatoms. The first-order valence-electron chi connectivity index (χ1n) is 4.66. The number of halogens is 1. The highest BCUT2D eigenvalue weighted by molar-refractivity contribution is 6.28. The van der Waals surface area contributed by atoms with Gasteiger partial charge in [-0.2, -0.15) is 0 Å². The van der Waals surface area contributed by atoms with Gasteiger partial charge >= 0.3 is 0 Å². The van der Waals surface area contributed by atoms with E-state index in [-0.39, 0.29) is 17.0 Å². The van der Waals surface area contributed by atoms with Crippen LogP contribution in [0.1, 0.15) is 5.56 Å². The molecule has 1 aliphatic heterocycles. The predicted octanol–water partition coefficient (Wildman–Crippen LogP) is 0.811. The van der Waals surface area contributed by atoms with Crippen LogP contribution in [0.3, 0.4) is 0 Å². The molecular formula is C9H12ClN5. The summed E-state index contributed by atoms with van der Waals surface area (Å²) in [5.74, 6) is 1.23. The van der Waals surface area contributed by atoms with Crippen LogP contribution in [0.25, 0.3) is 0 Å². The second-order valence-corrected chi connectivity index (χ2v) is 4.04. The maximum atomic E-state index is 7.29. The van der Waals surface area contributed by atoms with Gasteiger partial charge in [-0.15, -0.1) is 0 Å². The molecule has 0 saturated carbocycles. The summed E-state index contributed by atoms with van der Waals surface area (Å²) in [5, 5.41) is 7.54. The molecular weight excluding hydrogens is 214 g/mol. The Bertz CT molecular complexity index is 399. The highest BCUT2D eigenvalue weighted by Crippen LogP contribution is 2.25. The fourth-order valence-corrected chi connectivity index (χ4v) is 1.71. The number of hydrogen-bond acceptors (Lipinski definition) is 4. The van der Waals surface area contributed by atoms with E-state index in [1.807, 2.05) is 6.92 Å². The normalized spacial score (nSPS) is 16.3. The minimum absolute atomic E-state index is 0.151. The van der Waals surface area contributed by atoms with Gasteiger partial charge in [0.15, 0.2) is 0 Å². The van der Waals surface area contributed by atoms with Crippen molar-refractivity contribution in [3.63, 3.8) is 0 Å². The monoisotopic (exact) mass is 225 g/mol. The van der Waals surface area contributed by atoms with E-state index in [2.05, 4.69) is 14.9 Å². The largest absolute Gasteiger partial charge is 0.387 e. The summed E-state index contributed by atoms with van der Waals surface area (Å²) < 4.78 is 0. The van der Waals surface area contributed by atoms with E-state index in [1.54, 1.807) is 6.20 Å². The smallest absolute Gasteiger partial charge is 0.224 e. The van der Waals surface area contributed by atoms with E-state index in [4.69, 9.17) is 22.7 Å². The average molecular weight is 226 g/mol. The lowest BCUT2D eigenvalue weighted by Crippen LogP contribution is -2.53. The summed E-state index contributed by atoms with van der Waals surface area (Å²) in [6.45, 7) is 3.42. The Balaban J connectivity index is 2.12. The van der Waals surface area contributed by atoms with E-state index in [9.17, 15) is 0 Å². The average Bonchev–Trinajstić information content (AvgIpc) is 2.08. The SMILES string of the molecule is Cc1cnc(Cl)nc1N1CC(C(=N)N)C1. The fraction of sp³-hybridized carbons (Fsp3) is 0.444.